The lowest BCUT2D eigenvalue weighted by Gasteiger charge is -2.34. The van der Waals surface area contributed by atoms with Gasteiger partial charge in [0.25, 0.3) is 5.91 Å². The van der Waals surface area contributed by atoms with Crippen LogP contribution >= 0.6 is 0 Å². The SMILES string of the molecule is NC(=O)c1cccc(C2=CC3CCC(C2)N3C(=O)c2ccc3c(c2)OCCO3)c1. The van der Waals surface area contributed by atoms with Crippen molar-refractivity contribution >= 4 is 17.4 Å². The summed E-state index contributed by atoms with van der Waals surface area (Å²) < 4.78 is 11.2. The molecule has 29 heavy (non-hydrogen) atoms. The summed E-state index contributed by atoms with van der Waals surface area (Å²) in [6.45, 7) is 1.02. The molecular formula is C23H22N2O4. The Balaban J connectivity index is 1.42. The molecule has 6 nitrogen and oxygen atoms in total. The van der Waals surface area contributed by atoms with Crippen molar-refractivity contribution in [2.24, 2.45) is 5.73 Å². The predicted octanol–water partition coefficient (Wildman–Crippen LogP) is 3.02. The molecule has 2 aromatic rings. The van der Waals surface area contributed by atoms with Gasteiger partial charge >= 0.3 is 0 Å². The average molecular weight is 390 g/mol. The number of nitrogens with two attached hydrogens (primary N) is 1. The molecule has 0 aromatic heterocycles. The highest BCUT2D eigenvalue weighted by Crippen LogP contribution is 2.40. The second kappa shape index (κ2) is 6.95. The number of nitrogens with zero attached hydrogens (tertiary/aromatic N) is 1. The fraction of sp³-hybridized carbons (Fsp3) is 0.304. The van der Waals surface area contributed by atoms with Crippen LogP contribution in [0.3, 0.4) is 0 Å². The first-order valence-electron chi connectivity index (χ1n) is 9.93. The molecule has 0 spiro atoms. The summed E-state index contributed by atoms with van der Waals surface area (Å²) in [4.78, 5) is 26.8. The zero-order valence-corrected chi connectivity index (χ0v) is 16.0. The molecule has 1 saturated heterocycles. The first kappa shape index (κ1) is 17.8. The lowest BCUT2D eigenvalue weighted by atomic mass is 9.93. The Morgan fingerprint density at radius 1 is 0.966 bits per heavy atom. The Morgan fingerprint density at radius 3 is 2.59 bits per heavy atom. The number of hydrogen-bond acceptors (Lipinski definition) is 4. The van der Waals surface area contributed by atoms with Crippen LogP contribution in [0.1, 0.15) is 45.5 Å². The summed E-state index contributed by atoms with van der Waals surface area (Å²) in [6.07, 6.45) is 4.85. The molecule has 2 N–H and O–H groups in total. The topological polar surface area (TPSA) is 81.9 Å². The molecule has 2 amide bonds. The number of fused-ring (bicyclic) bond motifs is 3. The Hall–Kier alpha value is -3.28. The zero-order valence-electron chi connectivity index (χ0n) is 16.0. The van der Waals surface area contributed by atoms with E-state index >= 15 is 0 Å². The molecule has 0 aliphatic carbocycles. The maximum atomic E-state index is 13.3. The number of ether oxygens (including phenoxy) is 2. The summed E-state index contributed by atoms with van der Waals surface area (Å²) in [5, 5.41) is 0. The molecule has 0 radical (unpaired) electrons. The van der Waals surface area contributed by atoms with Gasteiger partial charge in [-0.3, -0.25) is 9.59 Å². The fourth-order valence-electron chi connectivity index (χ4n) is 4.56. The summed E-state index contributed by atoms with van der Waals surface area (Å²) in [5.74, 6) is 0.911. The molecule has 3 aliphatic rings. The van der Waals surface area contributed by atoms with E-state index in [1.54, 1.807) is 12.1 Å². The van der Waals surface area contributed by atoms with Gasteiger partial charge in [0.15, 0.2) is 11.5 Å². The van der Waals surface area contributed by atoms with Gasteiger partial charge in [-0.1, -0.05) is 18.2 Å². The predicted molar refractivity (Wildman–Crippen MR) is 108 cm³/mol. The van der Waals surface area contributed by atoms with Crippen molar-refractivity contribution in [2.45, 2.75) is 31.3 Å². The van der Waals surface area contributed by atoms with E-state index in [-0.39, 0.29) is 18.0 Å². The van der Waals surface area contributed by atoms with E-state index in [0.717, 1.165) is 24.8 Å². The van der Waals surface area contributed by atoms with Gasteiger partial charge in [-0.15, -0.1) is 0 Å². The van der Waals surface area contributed by atoms with Gasteiger partial charge in [0.1, 0.15) is 13.2 Å². The molecule has 3 heterocycles. The Morgan fingerprint density at radius 2 is 1.79 bits per heavy atom. The third-order valence-corrected chi connectivity index (χ3v) is 5.94. The average Bonchev–Trinajstić information content (AvgIpc) is 3.02. The molecule has 6 heteroatoms. The first-order chi connectivity index (χ1) is 14.1. The summed E-state index contributed by atoms with van der Waals surface area (Å²) in [5.41, 5.74) is 8.73. The lowest BCUT2D eigenvalue weighted by Crippen LogP contribution is -2.43. The minimum absolute atomic E-state index is 0.0238. The first-order valence-corrected chi connectivity index (χ1v) is 9.93. The van der Waals surface area contributed by atoms with E-state index in [1.165, 1.54) is 5.57 Å². The van der Waals surface area contributed by atoms with Crippen molar-refractivity contribution in [3.8, 4) is 11.5 Å². The smallest absolute Gasteiger partial charge is 0.254 e. The number of rotatable bonds is 3. The molecule has 148 valence electrons. The molecule has 3 aliphatic heterocycles. The molecule has 0 saturated carbocycles. The molecule has 2 unspecified atom stereocenters. The van der Waals surface area contributed by atoms with Crippen LogP contribution in [0.15, 0.2) is 48.5 Å². The number of hydrogen-bond donors (Lipinski definition) is 1. The van der Waals surface area contributed by atoms with Gasteiger partial charge in [-0.05, 0) is 60.7 Å². The minimum atomic E-state index is -0.429. The molecular weight excluding hydrogens is 368 g/mol. The van der Waals surface area contributed by atoms with E-state index in [4.69, 9.17) is 15.2 Å². The lowest BCUT2D eigenvalue weighted by molar-refractivity contribution is 0.0691. The Labute approximate surface area is 168 Å². The maximum Gasteiger partial charge on any atom is 0.254 e. The molecule has 1 fully saturated rings. The quantitative estimate of drug-likeness (QED) is 0.873. The highest BCUT2D eigenvalue weighted by molar-refractivity contribution is 5.97. The number of primary amides is 1. The molecule has 2 bridgehead atoms. The largest absolute Gasteiger partial charge is 0.486 e. The van der Waals surface area contributed by atoms with Crippen LogP contribution < -0.4 is 15.2 Å². The summed E-state index contributed by atoms with van der Waals surface area (Å²) in [7, 11) is 0. The van der Waals surface area contributed by atoms with Crippen LogP contribution in [-0.4, -0.2) is 42.0 Å². The van der Waals surface area contributed by atoms with Crippen LogP contribution in [0.25, 0.3) is 5.57 Å². The van der Waals surface area contributed by atoms with Crippen LogP contribution in [0.2, 0.25) is 0 Å². The van der Waals surface area contributed by atoms with Gasteiger partial charge in [-0.2, -0.15) is 0 Å². The number of benzene rings is 2. The van der Waals surface area contributed by atoms with Crippen molar-refractivity contribution in [3.05, 3.63) is 65.2 Å². The third kappa shape index (κ3) is 3.14. The molecule has 5 rings (SSSR count). The van der Waals surface area contributed by atoms with Gasteiger partial charge in [0.2, 0.25) is 5.91 Å². The van der Waals surface area contributed by atoms with Crippen molar-refractivity contribution in [2.75, 3.05) is 13.2 Å². The molecule has 2 atom stereocenters. The monoisotopic (exact) mass is 390 g/mol. The second-order valence-corrected chi connectivity index (χ2v) is 7.71. The highest BCUT2D eigenvalue weighted by atomic mass is 16.6. The number of carbonyl (C=O) groups excluding carboxylic acids is 2. The summed E-state index contributed by atoms with van der Waals surface area (Å²) in [6, 6.07) is 13.0. The van der Waals surface area contributed by atoms with E-state index in [2.05, 4.69) is 6.08 Å². The van der Waals surface area contributed by atoms with E-state index in [1.807, 2.05) is 35.2 Å². The third-order valence-electron chi connectivity index (χ3n) is 5.94. The Bertz CT molecular complexity index is 1030. The van der Waals surface area contributed by atoms with Crippen LogP contribution in [0.5, 0.6) is 11.5 Å². The van der Waals surface area contributed by atoms with E-state index in [9.17, 15) is 9.59 Å². The van der Waals surface area contributed by atoms with Crippen LogP contribution in [0, 0.1) is 0 Å². The van der Waals surface area contributed by atoms with Crippen molar-refractivity contribution < 1.29 is 19.1 Å². The fourth-order valence-corrected chi connectivity index (χ4v) is 4.56. The van der Waals surface area contributed by atoms with Crippen LogP contribution in [0.4, 0.5) is 0 Å². The van der Waals surface area contributed by atoms with E-state index in [0.29, 0.717) is 35.8 Å². The van der Waals surface area contributed by atoms with Crippen LogP contribution in [-0.2, 0) is 0 Å². The van der Waals surface area contributed by atoms with Gasteiger partial charge in [0.05, 0.1) is 6.04 Å². The van der Waals surface area contributed by atoms with Crippen molar-refractivity contribution in [1.82, 2.24) is 4.90 Å². The van der Waals surface area contributed by atoms with Gasteiger partial charge in [0, 0.05) is 17.2 Å². The van der Waals surface area contributed by atoms with Crippen molar-refractivity contribution in [3.63, 3.8) is 0 Å². The standard InChI is InChI=1S/C23H22N2O4/c24-22(26)15-3-1-2-14(10-15)17-11-18-5-6-19(12-17)25(18)23(27)16-4-7-20-21(13-16)29-9-8-28-20/h1-4,7,10-11,13,18-19H,5-6,8-9,12H2,(H2,24,26). The second-order valence-electron chi connectivity index (χ2n) is 7.71. The van der Waals surface area contributed by atoms with Crippen molar-refractivity contribution in [1.29, 1.82) is 0 Å². The van der Waals surface area contributed by atoms with E-state index < -0.39 is 5.91 Å². The van der Waals surface area contributed by atoms with Gasteiger partial charge < -0.3 is 20.1 Å². The zero-order chi connectivity index (χ0) is 20.0. The molecule has 2 aromatic carbocycles. The number of amides is 2. The Kier molecular flexibility index (Phi) is 4.27. The van der Waals surface area contributed by atoms with Gasteiger partial charge in [-0.25, -0.2) is 0 Å². The highest BCUT2D eigenvalue weighted by Gasteiger charge is 2.40. The summed E-state index contributed by atoms with van der Waals surface area (Å²) >= 11 is 0. The number of carbonyl (C=O) groups is 2. The maximum absolute atomic E-state index is 13.3. The normalized spacial score (nSPS) is 22.2. The minimum Gasteiger partial charge on any atom is -0.486 e.